The van der Waals surface area contributed by atoms with Gasteiger partial charge in [0.25, 0.3) is 5.91 Å². The van der Waals surface area contributed by atoms with Crippen LogP contribution in [-0.4, -0.2) is 22.9 Å². The van der Waals surface area contributed by atoms with E-state index in [-0.39, 0.29) is 5.91 Å². The third-order valence-electron chi connectivity index (χ3n) is 4.68. The summed E-state index contributed by atoms with van der Waals surface area (Å²) in [7, 11) is 0. The predicted octanol–water partition coefficient (Wildman–Crippen LogP) is 3.91. The number of fused-ring (bicyclic) bond motifs is 1. The summed E-state index contributed by atoms with van der Waals surface area (Å²) in [6.07, 6.45) is 0.879. The van der Waals surface area contributed by atoms with Crippen LogP contribution in [0.2, 0.25) is 0 Å². The average Bonchev–Trinajstić information content (AvgIpc) is 2.90. The zero-order chi connectivity index (χ0) is 21.6. The summed E-state index contributed by atoms with van der Waals surface area (Å²) in [5, 5.41) is 13.9. The van der Waals surface area contributed by atoms with Gasteiger partial charge in [0.15, 0.2) is 11.9 Å². The van der Waals surface area contributed by atoms with E-state index in [4.69, 9.17) is 15.5 Å². The molecule has 4 aromatic rings. The highest BCUT2D eigenvalue weighted by Gasteiger charge is 2.22. The van der Waals surface area contributed by atoms with E-state index in [9.17, 15) is 4.79 Å². The molecular formula is C24H19N5O2. The molecule has 0 aliphatic carbocycles. The first-order chi connectivity index (χ1) is 15.2. The number of carbonyl (C=O) groups is 1. The molecule has 1 atom stereocenters. The van der Waals surface area contributed by atoms with E-state index in [1.807, 2.05) is 66.7 Å². The molecule has 1 aromatic heterocycles. The van der Waals surface area contributed by atoms with Gasteiger partial charge in [-0.15, -0.1) is 0 Å². The Bertz CT molecular complexity index is 1240. The Kier molecular flexibility index (Phi) is 5.74. The Morgan fingerprint density at radius 2 is 1.61 bits per heavy atom. The Hall–Kier alpha value is -4.41. The zero-order valence-electron chi connectivity index (χ0n) is 16.4. The van der Waals surface area contributed by atoms with Crippen LogP contribution >= 0.6 is 0 Å². The summed E-state index contributed by atoms with van der Waals surface area (Å²) in [5.41, 5.74) is 10.7. The highest BCUT2D eigenvalue weighted by molar-refractivity contribution is 6.19. The van der Waals surface area contributed by atoms with Gasteiger partial charge in [0.2, 0.25) is 0 Å². The van der Waals surface area contributed by atoms with Crippen LogP contribution in [0.1, 0.15) is 16.7 Å². The molecule has 1 aliphatic rings. The third kappa shape index (κ3) is 4.45. The lowest BCUT2D eigenvalue weighted by molar-refractivity contribution is -0.117. The summed E-state index contributed by atoms with van der Waals surface area (Å²) >= 11 is 0. The number of hydrogen-bond donors (Lipinski definition) is 3. The number of para-hydroxylation sites is 1. The molecule has 0 saturated heterocycles. The van der Waals surface area contributed by atoms with Gasteiger partial charge in [0.05, 0.1) is 29.2 Å². The summed E-state index contributed by atoms with van der Waals surface area (Å²) in [6, 6.07) is 26.6. The van der Waals surface area contributed by atoms with Gasteiger partial charge in [-0.05, 0) is 30.3 Å². The van der Waals surface area contributed by atoms with Crippen LogP contribution in [0.5, 0.6) is 0 Å². The fraction of sp³-hybridized carbons (Fsp3) is 0.0417. The number of nitriles is 1. The number of benzodiazepines with no additional fused rings is 1. The van der Waals surface area contributed by atoms with Crippen LogP contribution < -0.4 is 11.1 Å². The smallest absolute Gasteiger partial charge is 0.263 e. The maximum atomic E-state index is 11.8. The molecule has 7 nitrogen and oxygen atoms in total. The van der Waals surface area contributed by atoms with Crippen molar-refractivity contribution in [2.45, 2.75) is 6.17 Å². The molecule has 4 N–H and O–H groups in total. The van der Waals surface area contributed by atoms with Crippen LogP contribution in [0.3, 0.4) is 0 Å². The third-order valence-corrected chi connectivity index (χ3v) is 4.68. The van der Waals surface area contributed by atoms with Crippen molar-refractivity contribution in [2.75, 3.05) is 5.32 Å². The molecule has 152 valence electrons. The fourth-order valence-corrected chi connectivity index (χ4v) is 3.07. The fourth-order valence-electron chi connectivity index (χ4n) is 3.07. The topological polar surface area (TPSA) is 120 Å². The highest BCUT2D eigenvalue weighted by atomic mass is 16.5. The molecule has 0 fully saturated rings. The molecule has 1 unspecified atom stereocenters. The van der Waals surface area contributed by atoms with E-state index in [0.717, 1.165) is 33.8 Å². The van der Waals surface area contributed by atoms with Crippen molar-refractivity contribution >= 4 is 17.3 Å². The van der Waals surface area contributed by atoms with Crippen molar-refractivity contribution in [2.24, 2.45) is 10.7 Å². The minimum atomic E-state index is -0.886. The van der Waals surface area contributed by atoms with E-state index in [1.165, 1.54) is 0 Å². The first-order valence-electron chi connectivity index (χ1n) is 9.58. The lowest BCUT2D eigenvalue weighted by Gasteiger charge is -2.09. The number of nitrogens with one attached hydrogen (secondary N) is 2. The van der Waals surface area contributed by atoms with Crippen LogP contribution in [0.25, 0.3) is 11.3 Å². The van der Waals surface area contributed by atoms with Crippen molar-refractivity contribution in [1.82, 2.24) is 5.16 Å². The van der Waals surface area contributed by atoms with Crippen LogP contribution in [0.15, 0.2) is 94.6 Å². The Morgan fingerprint density at radius 3 is 2.26 bits per heavy atom. The number of nitrogens with zero attached hydrogens (tertiary/aromatic N) is 2. The number of H-pyrrole nitrogens is 1. The summed E-state index contributed by atoms with van der Waals surface area (Å²) < 4.78 is 4.92. The quantitative estimate of drug-likeness (QED) is 0.465. The largest absolute Gasteiger partial charge is 0.380 e. The van der Waals surface area contributed by atoms with Crippen molar-refractivity contribution in [3.05, 3.63) is 102 Å². The van der Waals surface area contributed by atoms with E-state index < -0.39 is 6.17 Å². The number of amides is 1. The van der Waals surface area contributed by atoms with Gasteiger partial charge in [0, 0.05) is 16.7 Å². The minimum absolute atomic E-state index is 0.293. The van der Waals surface area contributed by atoms with Gasteiger partial charge in [0.1, 0.15) is 0 Å². The van der Waals surface area contributed by atoms with Crippen molar-refractivity contribution in [1.29, 1.82) is 5.26 Å². The molecule has 0 bridgehead atoms. The number of benzene rings is 3. The molecule has 0 saturated carbocycles. The monoisotopic (exact) mass is 409 g/mol. The number of nitrogens with two attached hydrogens (primary N) is 1. The standard InChI is InChI=1S/C15H13N3O.C9H6N2O/c16-14-15(19)17-12-9-5-4-8-11(12)13(18-14)10-6-2-1-3-7-10;10-5-7-1-3-8(4-2-7)9-6-11-12-9/h1-9,14H,16H2,(H,17,19);1-4,6,11H. The Labute approximate surface area is 178 Å². The number of aromatic amines is 1. The summed E-state index contributed by atoms with van der Waals surface area (Å²) in [5.74, 6) is 0.512. The number of rotatable bonds is 2. The van der Waals surface area contributed by atoms with Gasteiger partial charge in [-0.1, -0.05) is 48.5 Å². The second kappa shape index (κ2) is 8.95. The molecule has 0 radical (unpaired) electrons. The average molecular weight is 409 g/mol. The molecule has 0 spiro atoms. The molecule has 3 aromatic carbocycles. The van der Waals surface area contributed by atoms with Gasteiger partial charge in [-0.2, -0.15) is 5.26 Å². The summed E-state index contributed by atoms with van der Waals surface area (Å²) in [6.45, 7) is 0. The lowest BCUT2D eigenvalue weighted by Crippen LogP contribution is -2.33. The van der Waals surface area contributed by atoms with E-state index in [1.54, 1.807) is 18.3 Å². The van der Waals surface area contributed by atoms with E-state index in [2.05, 4.69) is 21.5 Å². The minimum Gasteiger partial charge on any atom is -0.380 e. The van der Waals surface area contributed by atoms with Crippen molar-refractivity contribution in [3.63, 3.8) is 0 Å². The molecule has 2 heterocycles. The normalized spacial score (nSPS) is 14.8. The second-order valence-electron chi connectivity index (χ2n) is 6.74. The number of aliphatic imine (C=N–C) groups is 1. The maximum Gasteiger partial charge on any atom is 0.263 e. The SMILES string of the molecule is N#Cc1ccc(-c2c[nH]o2)cc1.NC1N=C(c2ccccc2)c2ccccc2NC1=O. The molecular weight excluding hydrogens is 390 g/mol. The van der Waals surface area contributed by atoms with Crippen molar-refractivity contribution in [3.8, 4) is 17.4 Å². The van der Waals surface area contributed by atoms with E-state index >= 15 is 0 Å². The first kappa shape index (κ1) is 19.9. The highest BCUT2D eigenvalue weighted by Crippen LogP contribution is 2.23. The Morgan fingerprint density at radius 1 is 0.935 bits per heavy atom. The summed E-state index contributed by atoms with van der Waals surface area (Å²) in [4.78, 5) is 16.2. The van der Waals surface area contributed by atoms with Crippen LogP contribution in [-0.2, 0) is 4.79 Å². The molecule has 1 amide bonds. The number of aromatic nitrogens is 1. The number of hydrogen-bond acceptors (Lipinski definition) is 5. The van der Waals surface area contributed by atoms with Gasteiger partial charge in [-0.3, -0.25) is 9.79 Å². The van der Waals surface area contributed by atoms with Crippen LogP contribution in [0.4, 0.5) is 5.69 Å². The Balaban J connectivity index is 0.000000166. The second-order valence-corrected chi connectivity index (χ2v) is 6.74. The zero-order valence-corrected chi connectivity index (χ0v) is 16.4. The van der Waals surface area contributed by atoms with Gasteiger partial charge < -0.3 is 15.6 Å². The van der Waals surface area contributed by atoms with E-state index in [0.29, 0.717) is 5.56 Å². The maximum absolute atomic E-state index is 11.8. The molecule has 7 heteroatoms. The lowest BCUT2D eigenvalue weighted by atomic mass is 10.0. The van der Waals surface area contributed by atoms with Crippen LogP contribution in [0, 0.1) is 11.3 Å². The molecule has 31 heavy (non-hydrogen) atoms. The van der Waals surface area contributed by atoms with Gasteiger partial charge >= 0.3 is 0 Å². The van der Waals surface area contributed by atoms with Gasteiger partial charge in [-0.25, -0.2) is 5.16 Å². The number of anilines is 1. The first-order valence-corrected chi connectivity index (χ1v) is 9.58. The molecule has 5 rings (SSSR count). The van der Waals surface area contributed by atoms with Crippen molar-refractivity contribution < 1.29 is 9.32 Å². The molecule has 1 aliphatic heterocycles. The number of carbonyl (C=O) groups excluding carboxylic acids is 1. The predicted molar refractivity (Wildman–Crippen MR) is 118 cm³/mol.